The number of ether oxygens (including phenoxy) is 2. The third kappa shape index (κ3) is 2.91. The van der Waals surface area contributed by atoms with Crippen molar-refractivity contribution in [2.75, 3.05) is 19.8 Å². The van der Waals surface area contributed by atoms with Crippen LogP contribution in [0, 0.1) is 5.92 Å². The minimum Gasteiger partial charge on any atom is -0.376 e. The van der Waals surface area contributed by atoms with E-state index in [1.807, 2.05) is 13.8 Å². The van der Waals surface area contributed by atoms with Gasteiger partial charge >= 0.3 is 0 Å². The summed E-state index contributed by atoms with van der Waals surface area (Å²) < 4.78 is 10.5. The molecular weight excluding hydrogens is 156 g/mol. The number of carbonyl (C=O) groups is 1. The van der Waals surface area contributed by atoms with E-state index in [-0.39, 0.29) is 17.8 Å². The van der Waals surface area contributed by atoms with Crippen molar-refractivity contribution in [1.82, 2.24) is 0 Å². The number of Topliss-reactive ketones (excluding diaryl/α,β-unsaturated/α-hetero) is 1. The lowest BCUT2D eigenvalue weighted by atomic mass is 10.0. The van der Waals surface area contributed by atoms with Crippen molar-refractivity contribution in [3.05, 3.63) is 0 Å². The highest BCUT2D eigenvalue weighted by atomic mass is 16.6. The molecule has 1 saturated heterocycles. The Labute approximate surface area is 73.0 Å². The van der Waals surface area contributed by atoms with Gasteiger partial charge in [-0.1, -0.05) is 13.8 Å². The molecular formula is C9H16O3. The van der Waals surface area contributed by atoms with Gasteiger partial charge in [0.1, 0.15) is 5.78 Å². The zero-order valence-electron chi connectivity index (χ0n) is 7.71. The van der Waals surface area contributed by atoms with Crippen molar-refractivity contribution in [1.29, 1.82) is 0 Å². The van der Waals surface area contributed by atoms with E-state index in [9.17, 15) is 4.79 Å². The van der Waals surface area contributed by atoms with E-state index in [0.717, 1.165) is 0 Å². The molecule has 1 aliphatic heterocycles. The standard InChI is InChI=1S/C9H16O3/c1-7(2)9(10)5-8-6-11-3-4-12-8/h7-8H,3-6H2,1-2H3. The topological polar surface area (TPSA) is 35.5 Å². The Morgan fingerprint density at radius 3 is 2.75 bits per heavy atom. The van der Waals surface area contributed by atoms with Crippen molar-refractivity contribution in [3.8, 4) is 0 Å². The molecule has 1 fully saturated rings. The average molecular weight is 172 g/mol. The van der Waals surface area contributed by atoms with Gasteiger partial charge < -0.3 is 9.47 Å². The molecule has 1 aliphatic rings. The average Bonchev–Trinajstić information content (AvgIpc) is 2.06. The summed E-state index contributed by atoms with van der Waals surface area (Å²) in [5.41, 5.74) is 0. The first-order chi connectivity index (χ1) is 5.70. The van der Waals surface area contributed by atoms with Crippen LogP contribution in [0.25, 0.3) is 0 Å². The SMILES string of the molecule is CC(C)C(=O)CC1COCCO1. The molecule has 0 amide bonds. The number of rotatable bonds is 3. The van der Waals surface area contributed by atoms with Crippen LogP contribution in [0.5, 0.6) is 0 Å². The monoisotopic (exact) mass is 172 g/mol. The van der Waals surface area contributed by atoms with Crippen LogP contribution in [0.15, 0.2) is 0 Å². The van der Waals surface area contributed by atoms with E-state index in [1.165, 1.54) is 0 Å². The summed E-state index contributed by atoms with van der Waals surface area (Å²) in [7, 11) is 0. The maximum atomic E-state index is 11.3. The van der Waals surface area contributed by atoms with Gasteiger partial charge in [0.25, 0.3) is 0 Å². The van der Waals surface area contributed by atoms with Crippen LogP contribution in [0.2, 0.25) is 0 Å². The van der Waals surface area contributed by atoms with E-state index in [4.69, 9.17) is 9.47 Å². The van der Waals surface area contributed by atoms with Crippen molar-refractivity contribution in [3.63, 3.8) is 0 Å². The largest absolute Gasteiger partial charge is 0.376 e. The Balaban J connectivity index is 2.24. The van der Waals surface area contributed by atoms with Gasteiger partial charge in [0.15, 0.2) is 0 Å². The summed E-state index contributed by atoms with van der Waals surface area (Å²) in [6.07, 6.45) is 0.492. The second-order valence-electron chi connectivity index (χ2n) is 3.39. The fourth-order valence-electron chi connectivity index (χ4n) is 1.11. The lowest BCUT2D eigenvalue weighted by Gasteiger charge is -2.22. The molecule has 1 unspecified atom stereocenters. The van der Waals surface area contributed by atoms with Crippen LogP contribution in [-0.4, -0.2) is 31.7 Å². The minimum atomic E-state index is -0.00588. The molecule has 0 aliphatic carbocycles. The number of carbonyl (C=O) groups excluding carboxylic acids is 1. The van der Waals surface area contributed by atoms with Crippen LogP contribution in [0.3, 0.4) is 0 Å². The second kappa shape index (κ2) is 4.58. The molecule has 0 N–H and O–H groups in total. The van der Waals surface area contributed by atoms with Crippen LogP contribution in [0.4, 0.5) is 0 Å². The third-order valence-corrected chi connectivity index (χ3v) is 1.96. The van der Waals surface area contributed by atoms with Crippen LogP contribution < -0.4 is 0 Å². The van der Waals surface area contributed by atoms with Gasteiger partial charge in [-0.25, -0.2) is 0 Å². The molecule has 12 heavy (non-hydrogen) atoms. The molecule has 0 aromatic rings. The van der Waals surface area contributed by atoms with Gasteiger partial charge in [-0.15, -0.1) is 0 Å². The summed E-state index contributed by atoms with van der Waals surface area (Å²) in [4.78, 5) is 11.3. The van der Waals surface area contributed by atoms with Crippen LogP contribution in [0.1, 0.15) is 20.3 Å². The number of ketones is 1. The first-order valence-corrected chi connectivity index (χ1v) is 4.42. The number of hydrogen-bond acceptors (Lipinski definition) is 3. The van der Waals surface area contributed by atoms with Crippen LogP contribution >= 0.6 is 0 Å². The lowest BCUT2D eigenvalue weighted by Crippen LogP contribution is -2.31. The second-order valence-corrected chi connectivity index (χ2v) is 3.39. The molecule has 1 rings (SSSR count). The molecule has 1 heterocycles. The molecule has 0 spiro atoms. The highest BCUT2D eigenvalue weighted by molar-refractivity contribution is 5.80. The molecule has 0 aromatic carbocycles. The predicted octanol–water partition coefficient (Wildman–Crippen LogP) is 1.02. The lowest BCUT2D eigenvalue weighted by molar-refractivity contribution is -0.132. The summed E-state index contributed by atoms with van der Waals surface area (Å²) in [5, 5.41) is 0. The molecule has 3 nitrogen and oxygen atoms in total. The zero-order chi connectivity index (χ0) is 8.97. The normalized spacial score (nSPS) is 24.4. The van der Waals surface area contributed by atoms with Gasteiger partial charge in [-0.2, -0.15) is 0 Å². The Morgan fingerprint density at radius 2 is 2.25 bits per heavy atom. The molecule has 70 valence electrons. The zero-order valence-corrected chi connectivity index (χ0v) is 7.71. The molecule has 0 bridgehead atoms. The van der Waals surface area contributed by atoms with Gasteiger partial charge in [-0.3, -0.25) is 4.79 Å². The van der Waals surface area contributed by atoms with Gasteiger partial charge in [0.2, 0.25) is 0 Å². The van der Waals surface area contributed by atoms with Crippen LogP contribution in [-0.2, 0) is 14.3 Å². The van der Waals surface area contributed by atoms with Gasteiger partial charge in [-0.05, 0) is 0 Å². The fraction of sp³-hybridized carbons (Fsp3) is 0.889. The Bertz CT molecular complexity index is 148. The molecule has 1 atom stereocenters. The first kappa shape index (κ1) is 9.68. The molecule has 3 heteroatoms. The highest BCUT2D eigenvalue weighted by Crippen LogP contribution is 2.09. The smallest absolute Gasteiger partial charge is 0.138 e. The van der Waals surface area contributed by atoms with Crippen molar-refractivity contribution >= 4 is 5.78 Å². The first-order valence-electron chi connectivity index (χ1n) is 4.42. The van der Waals surface area contributed by atoms with Crippen molar-refractivity contribution in [2.45, 2.75) is 26.4 Å². The maximum Gasteiger partial charge on any atom is 0.138 e. The van der Waals surface area contributed by atoms with Crippen molar-refractivity contribution < 1.29 is 14.3 Å². The highest BCUT2D eigenvalue weighted by Gasteiger charge is 2.19. The van der Waals surface area contributed by atoms with E-state index in [0.29, 0.717) is 26.2 Å². The van der Waals surface area contributed by atoms with Crippen molar-refractivity contribution in [2.24, 2.45) is 5.92 Å². The van der Waals surface area contributed by atoms with E-state index in [1.54, 1.807) is 0 Å². The predicted molar refractivity (Wildman–Crippen MR) is 45.0 cm³/mol. The summed E-state index contributed by atoms with van der Waals surface area (Å²) in [5.74, 6) is 0.362. The van der Waals surface area contributed by atoms with Gasteiger partial charge in [0.05, 0.1) is 25.9 Å². The van der Waals surface area contributed by atoms with E-state index in [2.05, 4.69) is 0 Å². The summed E-state index contributed by atoms with van der Waals surface area (Å²) >= 11 is 0. The Kier molecular flexibility index (Phi) is 3.69. The molecule has 0 aromatic heterocycles. The van der Waals surface area contributed by atoms with Gasteiger partial charge in [0, 0.05) is 12.3 Å². The Morgan fingerprint density at radius 1 is 1.50 bits per heavy atom. The maximum absolute atomic E-state index is 11.3. The third-order valence-electron chi connectivity index (χ3n) is 1.96. The fourth-order valence-corrected chi connectivity index (χ4v) is 1.11. The molecule has 0 radical (unpaired) electrons. The number of hydrogen-bond donors (Lipinski definition) is 0. The molecule has 0 saturated carbocycles. The van der Waals surface area contributed by atoms with E-state index < -0.39 is 0 Å². The summed E-state index contributed by atoms with van der Waals surface area (Å²) in [6.45, 7) is 5.67. The van der Waals surface area contributed by atoms with E-state index >= 15 is 0 Å². The minimum absolute atomic E-state index is 0.00588. The summed E-state index contributed by atoms with van der Waals surface area (Å²) in [6, 6.07) is 0. The quantitative estimate of drug-likeness (QED) is 0.637. The Hall–Kier alpha value is -0.410.